The molecule has 1 aromatic carbocycles. The molecule has 0 amide bonds. The van der Waals surface area contributed by atoms with Crippen LogP contribution < -0.4 is 10.6 Å². The molecule has 0 bridgehead atoms. The highest BCUT2D eigenvalue weighted by atomic mass is 16.5. The van der Waals surface area contributed by atoms with Gasteiger partial charge in [0, 0.05) is 24.6 Å². The topological polar surface area (TPSA) is 81.3 Å². The van der Waals surface area contributed by atoms with Crippen LogP contribution >= 0.6 is 0 Å². The second-order valence-corrected chi connectivity index (χ2v) is 7.08. The highest BCUT2D eigenvalue weighted by Gasteiger charge is 2.34. The van der Waals surface area contributed by atoms with Gasteiger partial charge in [0.1, 0.15) is 5.82 Å². The molecule has 1 aliphatic heterocycles. The first-order valence-electron chi connectivity index (χ1n) is 10.2. The third-order valence-electron chi connectivity index (χ3n) is 5.51. The molecule has 0 saturated carbocycles. The molecule has 2 aliphatic rings. The second-order valence-electron chi connectivity index (χ2n) is 7.08. The van der Waals surface area contributed by atoms with Gasteiger partial charge in [0.15, 0.2) is 0 Å². The van der Waals surface area contributed by atoms with Gasteiger partial charge in [0.2, 0.25) is 5.95 Å². The van der Waals surface area contributed by atoms with Crippen molar-refractivity contribution >= 4 is 17.7 Å². The summed E-state index contributed by atoms with van der Waals surface area (Å²) in [5.74, 6) is 1.22. The van der Waals surface area contributed by atoms with Crippen LogP contribution in [0.15, 0.2) is 30.3 Å². The molecule has 1 saturated heterocycles. The van der Waals surface area contributed by atoms with E-state index in [4.69, 9.17) is 10.5 Å². The van der Waals surface area contributed by atoms with Crippen LogP contribution in [0.3, 0.4) is 0 Å². The number of nitrogens with two attached hydrogens (primary N) is 1. The van der Waals surface area contributed by atoms with Crippen LogP contribution in [-0.4, -0.2) is 36.1 Å². The monoisotopic (exact) mass is 382 g/mol. The normalized spacial score (nSPS) is 20.8. The van der Waals surface area contributed by atoms with Crippen molar-refractivity contribution in [2.75, 3.05) is 30.8 Å². The Labute approximate surface area is 167 Å². The van der Waals surface area contributed by atoms with E-state index in [-0.39, 0.29) is 17.8 Å². The minimum Gasteiger partial charge on any atom is -0.469 e. The molecule has 2 N–H and O–H groups in total. The average molecular weight is 383 g/mol. The smallest absolute Gasteiger partial charge is 0.310 e. The number of aromatic nitrogens is 2. The molecule has 28 heavy (non-hydrogen) atoms. The van der Waals surface area contributed by atoms with Crippen LogP contribution in [0.5, 0.6) is 0 Å². The Morgan fingerprint density at radius 1 is 1.18 bits per heavy atom. The molecule has 6 heteroatoms. The first kappa shape index (κ1) is 20.1. The molecule has 0 radical (unpaired) electrons. The summed E-state index contributed by atoms with van der Waals surface area (Å²) < 4.78 is 4.91. The Balaban J connectivity index is 0.00000109. The molecule has 150 valence electrons. The van der Waals surface area contributed by atoms with Gasteiger partial charge in [0.05, 0.1) is 18.7 Å². The molecule has 2 aromatic rings. The number of carbonyl (C=O) groups excluding carboxylic acids is 1. The largest absolute Gasteiger partial charge is 0.469 e. The minimum absolute atomic E-state index is 0.0969. The summed E-state index contributed by atoms with van der Waals surface area (Å²) in [5, 5.41) is 0. The van der Waals surface area contributed by atoms with Gasteiger partial charge in [0.25, 0.3) is 0 Å². The number of ether oxygens (including phenoxy) is 1. The second kappa shape index (κ2) is 9.04. The van der Waals surface area contributed by atoms with Crippen LogP contribution in [0.25, 0.3) is 0 Å². The average Bonchev–Trinajstić information content (AvgIpc) is 3.24. The molecule has 0 spiro atoms. The fourth-order valence-corrected chi connectivity index (χ4v) is 4.24. The lowest BCUT2D eigenvalue weighted by Crippen LogP contribution is -2.28. The van der Waals surface area contributed by atoms with Crippen molar-refractivity contribution in [1.29, 1.82) is 0 Å². The van der Waals surface area contributed by atoms with Gasteiger partial charge in [-0.25, -0.2) is 4.98 Å². The predicted octanol–water partition coefficient (Wildman–Crippen LogP) is 3.55. The molecule has 2 unspecified atom stereocenters. The number of anilines is 2. The summed E-state index contributed by atoms with van der Waals surface area (Å²) >= 11 is 0. The first-order valence-corrected chi connectivity index (χ1v) is 10.2. The SMILES string of the molecule is CC.COC(=O)C1CCN(c2nc(N)nc3c2CCCC3c2ccccc2)C1. The maximum absolute atomic E-state index is 11.9. The molecule has 4 rings (SSSR count). The zero-order valence-electron chi connectivity index (χ0n) is 17.0. The highest BCUT2D eigenvalue weighted by molar-refractivity contribution is 5.74. The van der Waals surface area contributed by atoms with Gasteiger partial charge < -0.3 is 15.4 Å². The van der Waals surface area contributed by atoms with Gasteiger partial charge >= 0.3 is 5.97 Å². The molecule has 1 aromatic heterocycles. The van der Waals surface area contributed by atoms with E-state index in [0.29, 0.717) is 12.5 Å². The van der Waals surface area contributed by atoms with Gasteiger partial charge in [-0.2, -0.15) is 4.98 Å². The zero-order chi connectivity index (χ0) is 20.1. The summed E-state index contributed by atoms with van der Waals surface area (Å²) in [7, 11) is 1.44. The van der Waals surface area contributed by atoms with Crippen LogP contribution in [-0.2, 0) is 16.0 Å². The number of hydrogen-bond donors (Lipinski definition) is 1. The lowest BCUT2D eigenvalue weighted by atomic mass is 9.82. The number of carbonyl (C=O) groups is 1. The van der Waals surface area contributed by atoms with Gasteiger partial charge in [-0.05, 0) is 31.2 Å². The van der Waals surface area contributed by atoms with Crippen molar-refractivity contribution < 1.29 is 9.53 Å². The molecular weight excluding hydrogens is 352 g/mol. The quantitative estimate of drug-likeness (QED) is 0.818. The third-order valence-corrected chi connectivity index (χ3v) is 5.51. The number of nitrogen functional groups attached to an aromatic ring is 1. The number of benzene rings is 1. The number of methoxy groups -OCH3 is 1. The maximum atomic E-state index is 11.9. The van der Waals surface area contributed by atoms with Crippen LogP contribution in [0.1, 0.15) is 55.8 Å². The standard InChI is InChI=1S/C20H24N4O2.C2H6/c1-26-19(25)14-10-11-24(12-14)18-16-9-5-8-15(13-6-3-2-4-7-13)17(16)22-20(21)23-18;1-2/h2-4,6-7,14-15H,5,8-12H2,1H3,(H2,21,22,23);1-2H3. The lowest BCUT2D eigenvalue weighted by molar-refractivity contribution is -0.144. The number of rotatable bonds is 3. The van der Waals surface area contributed by atoms with E-state index in [1.807, 2.05) is 19.9 Å². The van der Waals surface area contributed by atoms with E-state index in [2.05, 4.69) is 39.1 Å². The molecule has 6 nitrogen and oxygen atoms in total. The van der Waals surface area contributed by atoms with Crippen molar-refractivity contribution in [3.8, 4) is 0 Å². The summed E-state index contributed by atoms with van der Waals surface area (Å²) in [6.45, 7) is 5.42. The Bertz CT molecular complexity index is 810. The van der Waals surface area contributed by atoms with E-state index in [1.54, 1.807) is 0 Å². The van der Waals surface area contributed by atoms with E-state index >= 15 is 0 Å². The van der Waals surface area contributed by atoms with Gasteiger partial charge in [-0.1, -0.05) is 44.2 Å². The molecule has 2 atom stereocenters. The number of nitrogens with zero attached hydrogens (tertiary/aromatic N) is 3. The first-order chi connectivity index (χ1) is 13.7. The van der Waals surface area contributed by atoms with E-state index in [0.717, 1.165) is 43.7 Å². The Morgan fingerprint density at radius 2 is 1.93 bits per heavy atom. The van der Waals surface area contributed by atoms with Gasteiger partial charge in [-0.3, -0.25) is 4.79 Å². The lowest BCUT2D eigenvalue weighted by Gasteiger charge is -2.29. The number of esters is 1. The van der Waals surface area contributed by atoms with Crippen LogP contribution in [0.4, 0.5) is 11.8 Å². The highest BCUT2D eigenvalue weighted by Crippen LogP contribution is 2.40. The molecular formula is C22H30N4O2. The van der Waals surface area contributed by atoms with E-state index in [9.17, 15) is 4.79 Å². The summed E-state index contributed by atoms with van der Waals surface area (Å²) in [6, 6.07) is 10.5. The molecule has 1 fully saturated rings. The summed E-state index contributed by atoms with van der Waals surface area (Å²) in [6.07, 6.45) is 3.90. The van der Waals surface area contributed by atoms with Crippen molar-refractivity contribution in [2.45, 2.75) is 45.4 Å². The summed E-state index contributed by atoms with van der Waals surface area (Å²) in [4.78, 5) is 23.2. The van der Waals surface area contributed by atoms with Crippen molar-refractivity contribution in [2.24, 2.45) is 5.92 Å². The van der Waals surface area contributed by atoms with E-state index in [1.165, 1.54) is 18.2 Å². The maximum Gasteiger partial charge on any atom is 0.310 e. The fraction of sp³-hybridized carbons (Fsp3) is 0.500. The van der Waals surface area contributed by atoms with E-state index < -0.39 is 0 Å². The number of fused-ring (bicyclic) bond motifs is 1. The molecule has 2 heterocycles. The Hall–Kier alpha value is -2.63. The van der Waals surface area contributed by atoms with Crippen LogP contribution in [0.2, 0.25) is 0 Å². The Morgan fingerprint density at radius 3 is 2.64 bits per heavy atom. The minimum atomic E-state index is -0.148. The van der Waals surface area contributed by atoms with Crippen molar-refractivity contribution in [3.63, 3.8) is 0 Å². The van der Waals surface area contributed by atoms with Crippen LogP contribution in [0, 0.1) is 5.92 Å². The van der Waals surface area contributed by atoms with Crippen molar-refractivity contribution in [1.82, 2.24) is 9.97 Å². The predicted molar refractivity (Wildman–Crippen MR) is 111 cm³/mol. The summed E-state index contributed by atoms with van der Waals surface area (Å²) in [5.41, 5.74) is 9.57. The van der Waals surface area contributed by atoms with Crippen molar-refractivity contribution in [3.05, 3.63) is 47.2 Å². The third kappa shape index (κ3) is 3.96. The Kier molecular flexibility index (Phi) is 6.49. The zero-order valence-corrected chi connectivity index (χ0v) is 17.0. The fourth-order valence-electron chi connectivity index (χ4n) is 4.24. The number of hydrogen-bond acceptors (Lipinski definition) is 6. The molecule has 1 aliphatic carbocycles. The van der Waals surface area contributed by atoms with Gasteiger partial charge in [-0.15, -0.1) is 0 Å².